The van der Waals surface area contributed by atoms with E-state index in [9.17, 15) is 23.9 Å². The molecule has 4 aromatic heterocycles. The average Bonchev–Trinajstić information content (AvgIpc) is 3.71. The number of piperazine rings is 1. The maximum absolute atomic E-state index is 14.3. The van der Waals surface area contributed by atoms with Crippen molar-refractivity contribution in [2.24, 2.45) is 7.05 Å². The van der Waals surface area contributed by atoms with E-state index in [0.29, 0.717) is 34.4 Å². The van der Waals surface area contributed by atoms with Crippen molar-refractivity contribution in [2.45, 2.75) is 26.8 Å². The maximum atomic E-state index is 14.3. The van der Waals surface area contributed by atoms with Gasteiger partial charge < -0.3 is 24.8 Å². The van der Waals surface area contributed by atoms with Gasteiger partial charge in [0.1, 0.15) is 35.4 Å². The molecule has 0 bridgehead atoms. The molecule has 16 nitrogen and oxygen atoms in total. The first-order valence-electron chi connectivity index (χ1n) is 15.7. The Labute approximate surface area is 287 Å². The van der Waals surface area contributed by atoms with E-state index >= 15 is 0 Å². The number of nitrogens with zero attached hydrogens (tertiary/aromatic N) is 11. The Kier molecular flexibility index (Phi) is 8.35. The van der Waals surface area contributed by atoms with Crippen LogP contribution in [0.4, 0.5) is 15.8 Å². The van der Waals surface area contributed by atoms with Crippen LogP contribution in [0.25, 0.3) is 28.2 Å². The molecule has 0 saturated carbocycles. The van der Waals surface area contributed by atoms with Crippen LogP contribution in [0.3, 0.4) is 0 Å². The van der Waals surface area contributed by atoms with Crippen molar-refractivity contribution in [1.29, 1.82) is 0 Å². The molecule has 5 heterocycles. The zero-order valence-electron chi connectivity index (χ0n) is 27.1. The number of amides is 2. The number of aryl methyl sites for hydroxylation is 2. The van der Waals surface area contributed by atoms with Crippen LogP contribution in [-0.4, -0.2) is 92.1 Å². The predicted molar refractivity (Wildman–Crippen MR) is 181 cm³/mol. The van der Waals surface area contributed by atoms with Gasteiger partial charge >= 0.3 is 0 Å². The second kappa shape index (κ2) is 12.8. The molecule has 2 amide bonds. The van der Waals surface area contributed by atoms with Crippen molar-refractivity contribution in [3.8, 4) is 17.1 Å². The molecule has 50 heavy (non-hydrogen) atoms. The maximum Gasteiger partial charge on any atom is 0.299 e. The lowest BCUT2D eigenvalue weighted by Gasteiger charge is -2.36. The summed E-state index contributed by atoms with van der Waals surface area (Å²) in [6, 6.07) is 8.97. The summed E-state index contributed by atoms with van der Waals surface area (Å²) in [6.45, 7) is 4.16. The summed E-state index contributed by atoms with van der Waals surface area (Å²) in [7, 11) is 1.71. The number of aromatic nitrogens is 9. The molecule has 1 saturated heterocycles. The van der Waals surface area contributed by atoms with Crippen molar-refractivity contribution in [1.82, 2.24) is 49.0 Å². The molecule has 2 aromatic carbocycles. The number of anilines is 2. The zero-order valence-corrected chi connectivity index (χ0v) is 27.9. The molecule has 18 heteroatoms. The van der Waals surface area contributed by atoms with Gasteiger partial charge in [0.15, 0.2) is 17.3 Å². The SMILES string of the molecule is CCc1c(N2CCN(C(=O)c3ncnc(C)c3O)CC2)c(=O)n2nc(-c3ccc4nn(C)nc4c3)nc2n1CC(=O)Nc1ccc(F)cc1Cl. The summed E-state index contributed by atoms with van der Waals surface area (Å²) in [6.07, 6.45) is 1.56. The molecule has 2 N–H and O–H groups in total. The topological polar surface area (TPSA) is 182 Å². The van der Waals surface area contributed by atoms with Gasteiger partial charge in [0.25, 0.3) is 11.5 Å². The van der Waals surface area contributed by atoms with Gasteiger partial charge in [-0.15, -0.1) is 5.10 Å². The fourth-order valence-electron chi connectivity index (χ4n) is 6.04. The van der Waals surface area contributed by atoms with E-state index in [1.54, 1.807) is 41.6 Å². The molecule has 0 atom stereocenters. The number of aromatic hydroxyl groups is 1. The number of fused-ring (bicyclic) bond motifs is 2. The first-order valence-corrected chi connectivity index (χ1v) is 16.0. The Morgan fingerprint density at radius 1 is 1.02 bits per heavy atom. The molecule has 0 aliphatic carbocycles. The number of benzene rings is 2. The molecule has 0 radical (unpaired) electrons. The van der Waals surface area contributed by atoms with Gasteiger partial charge in [-0.25, -0.2) is 14.4 Å². The third-order valence-corrected chi connectivity index (χ3v) is 8.81. The number of halogens is 2. The number of hydrogen-bond acceptors (Lipinski definition) is 11. The normalized spacial score (nSPS) is 13.4. The standard InChI is InChI=1S/C32H30ClFN12O4/c1-4-24-27(43-9-11-44(12-10-43)30(49)26-28(48)17(2)35-16-36-26)31(50)46-32(45(24)15-25(47)37-21-8-6-19(34)14-20(21)33)38-29(41-46)18-5-7-22-23(13-18)40-42(3)39-22/h5-8,13-14,16,48H,4,9-12,15H2,1-3H3,(H,37,47). The molecular formula is C32H30ClFN12O4. The van der Waals surface area contributed by atoms with Gasteiger partial charge in [-0.05, 0) is 49.7 Å². The second-order valence-electron chi connectivity index (χ2n) is 11.7. The number of nitrogens with one attached hydrogen (secondary N) is 1. The van der Waals surface area contributed by atoms with Crippen LogP contribution in [-0.2, 0) is 24.8 Å². The van der Waals surface area contributed by atoms with Gasteiger partial charge in [-0.3, -0.25) is 14.4 Å². The van der Waals surface area contributed by atoms with Crippen LogP contribution in [0.5, 0.6) is 5.75 Å². The number of hydrogen-bond donors (Lipinski definition) is 2. The van der Waals surface area contributed by atoms with Crippen molar-refractivity contribution >= 4 is 51.6 Å². The van der Waals surface area contributed by atoms with E-state index in [1.807, 2.05) is 11.8 Å². The summed E-state index contributed by atoms with van der Waals surface area (Å²) in [5.74, 6) is -1.40. The summed E-state index contributed by atoms with van der Waals surface area (Å²) < 4.78 is 16.5. The summed E-state index contributed by atoms with van der Waals surface area (Å²) >= 11 is 6.19. The molecule has 0 spiro atoms. The van der Waals surface area contributed by atoms with Gasteiger partial charge in [-0.1, -0.05) is 18.5 Å². The van der Waals surface area contributed by atoms with E-state index in [2.05, 4.69) is 30.6 Å². The Balaban J connectivity index is 1.28. The molecule has 0 unspecified atom stereocenters. The third-order valence-electron chi connectivity index (χ3n) is 8.50. The molecule has 1 fully saturated rings. The Bertz CT molecular complexity index is 2380. The van der Waals surface area contributed by atoms with Crippen molar-refractivity contribution in [2.75, 3.05) is 36.4 Å². The van der Waals surface area contributed by atoms with Gasteiger partial charge in [0, 0.05) is 38.8 Å². The van der Waals surface area contributed by atoms with Gasteiger partial charge in [0.05, 0.1) is 22.1 Å². The Morgan fingerprint density at radius 2 is 1.78 bits per heavy atom. The molecule has 1 aliphatic heterocycles. The summed E-state index contributed by atoms with van der Waals surface area (Å²) in [5.41, 5.74) is 2.68. The Hall–Kier alpha value is -5.97. The fraction of sp³-hybridized carbons (Fsp3) is 0.281. The predicted octanol–water partition coefficient (Wildman–Crippen LogP) is 2.60. The minimum absolute atomic E-state index is 0.0295. The number of rotatable bonds is 7. The minimum Gasteiger partial charge on any atom is -0.504 e. The largest absolute Gasteiger partial charge is 0.504 e. The van der Waals surface area contributed by atoms with Crippen LogP contribution in [0.1, 0.15) is 28.8 Å². The lowest BCUT2D eigenvalue weighted by molar-refractivity contribution is -0.116. The van der Waals surface area contributed by atoms with E-state index in [0.717, 1.165) is 6.07 Å². The zero-order chi connectivity index (χ0) is 35.3. The minimum atomic E-state index is -0.547. The fourth-order valence-corrected chi connectivity index (χ4v) is 6.26. The highest BCUT2D eigenvalue weighted by Crippen LogP contribution is 2.27. The van der Waals surface area contributed by atoms with Crippen molar-refractivity contribution in [3.05, 3.63) is 81.0 Å². The number of carbonyl (C=O) groups excluding carboxylic acids is 2. The molecule has 1 aliphatic rings. The smallest absolute Gasteiger partial charge is 0.299 e. The highest BCUT2D eigenvalue weighted by molar-refractivity contribution is 6.33. The number of carbonyl (C=O) groups is 2. The molecule has 256 valence electrons. The highest BCUT2D eigenvalue weighted by Gasteiger charge is 2.30. The summed E-state index contributed by atoms with van der Waals surface area (Å²) in [5, 5.41) is 26.4. The van der Waals surface area contributed by atoms with E-state index in [1.165, 1.54) is 27.8 Å². The lowest BCUT2D eigenvalue weighted by Crippen LogP contribution is -2.51. The highest BCUT2D eigenvalue weighted by atomic mass is 35.5. The van der Waals surface area contributed by atoms with Gasteiger partial charge in [0.2, 0.25) is 11.7 Å². The van der Waals surface area contributed by atoms with E-state index in [-0.39, 0.29) is 72.2 Å². The first-order chi connectivity index (χ1) is 24.0. The third kappa shape index (κ3) is 5.84. The van der Waals surface area contributed by atoms with Crippen LogP contribution in [0.2, 0.25) is 5.02 Å². The van der Waals surface area contributed by atoms with Crippen LogP contribution >= 0.6 is 11.6 Å². The molecule has 6 aromatic rings. The molecular weight excluding hydrogens is 671 g/mol. The quantitative estimate of drug-likeness (QED) is 0.250. The second-order valence-corrected chi connectivity index (χ2v) is 12.1. The lowest BCUT2D eigenvalue weighted by atomic mass is 10.2. The van der Waals surface area contributed by atoms with Crippen molar-refractivity contribution in [3.63, 3.8) is 0 Å². The monoisotopic (exact) mass is 700 g/mol. The van der Waals surface area contributed by atoms with Crippen LogP contribution < -0.4 is 15.8 Å². The van der Waals surface area contributed by atoms with Gasteiger partial charge in [-0.2, -0.15) is 24.5 Å². The molecule has 7 rings (SSSR count). The van der Waals surface area contributed by atoms with Crippen LogP contribution in [0.15, 0.2) is 47.5 Å². The Morgan fingerprint density at radius 3 is 2.52 bits per heavy atom. The van der Waals surface area contributed by atoms with E-state index in [4.69, 9.17) is 16.6 Å². The van der Waals surface area contributed by atoms with Crippen molar-refractivity contribution < 1.29 is 19.1 Å². The first kappa shape index (κ1) is 32.6. The summed E-state index contributed by atoms with van der Waals surface area (Å²) in [4.78, 5) is 58.5. The van der Waals surface area contributed by atoms with Crippen LogP contribution in [0, 0.1) is 12.7 Å². The average molecular weight is 701 g/mol. The van der Waals surface area contributed by atoms with E-state index < -0.39 is 23.2 Å².